The highest BCUT2D eigenvalue weighted by Crippen LogP contribution is 2.21. The topological polar surface area (TPSA) is 39.7 Å². The van der Waals surface area contributed by atoms with E-state index in [1.807, 2.05) is 18.4 Å². The predicted molar refractivity (Wildman–Crippen MR) is 124 cm³/mol. The summed E-state index contributed by atoms with van der Waals surface area (Å²) in [6.45, 7) is 7.38. The van der Waals surface area contributed by atoms with Gasteiger partial charge in [0.15, 0.2) is 5.96 Å². The number of thiophene rings is 1. The quantitative estimate of drug-likeness (QED) is 0.379. The van der Waals surface area contributed by atoms with Crippen LogP contribution in [0.2, 0.25) is 0 Å². The first-order valence-corrected chi connectivity index (χ1v) is 9.86. The van der Waals surface area contributed by atoms with Crippen LogP contribution in [0.15, 0.2) is 46.8 Å². The predicted octanol–water partition coefficient (Wildman–Crippen LogP) is 4.22. The Balaban J connectivity index is 0.00000243. The fourth-order valence-corrected chi connectivity index (χ4v) is 3.97. The minimum absolute atomic E-state index is 0. The summed E-state index contributed by atoms with van der Waals surface area (Å²) in [5.41, 5.74) is 2.62. The molecule has 1 aromatic carbocycles. The number of hydrogen-bond acceptors (Lipinski definition) is 3. The second-order valence-corrected chi connectivity index (χ2v) is 7.76. The molecule has 1 saturated heterocycles. The maximum absolute atomic E-state index is 4.39. The van der Waals surface area contributed by atoms with Crippen LogP contribution in [0.1, 0.15) is 29.7 Å². The fraction of sp³-hybridized carbons (Fsp3) is 0.450. The van der Waals surface area contributed by atoms with Gasteiger partial charge in [-0.2, -0.15) is 0 Å². The first-order chi connectivity index (χ1) is 12.2. The van der Waals surface area contributed by atoms with Crippen molar-refractivity contribution in [1.82, 2.24) is 10.6 Å². The molecule has 0 radical (unpaired) electrons. The molecule has 0 aliphatic carbocycles. The molecule has 1 aliphatic heterocycles. The SMILES string of the molecule is CN=C(NCC(C)c1cccs1)NC1CCN(c2ccc(C)cc2)C1.I. The van der Waals surface area contributed by atoms with E-state index in [2.05, 4.69) is 76.2 Å². The average molecular weight is 484 g/mol. The average Bonchev–Trinajstić information content (AvgIpc) is 3.31. The summed E-state index contributed by atoms with van der Waals surface area (Å²) in [4.78, 5) is 8.25. The molecule has 2 heterocycles. The van der Waals surface area contributed by atoms with Gasteiger partial charge in [0.1, 0.15) is 0 Å². The van der Waals surface area contributed by atoms with Crippen LogP contribution in [0.5, 0.6) is 0 Å². The van der Waals surface area contributed by atoms with Crippen molar-refractivity contribution in [2.75, 3.05) is 31.6 Å². The number of nitrogens with one attached hydrogen (secondary N) is 2. The number of hydrogen-bond donors (Lipinski definition) is 2. The van der Waals surface area contributed by atoms with E-state index in [9.17, 15) is 0 Å². The zero-order valence-corrected chi connectivity index (χ0v) is 18.9. The number of benzene rings is 1. The largest absolute Gasteiger partial charge is 0.369 e. The number of aryl methyl sites for hydroxylation is 1. The zero-order valence-electron chi connectivity index (χ0n) is 15.7. The van der Waals surface area contributed by atoms with Gasteiger partial charge in [0.25, 0.3) is 0 Å². The molecule has 3 rings (SSSR count). The first-order valence-electron chi connectivity index (χ1n) is 8.98. The fourth-order valence-electron chi connectivity index (χ4n) is 3.18. The Hall–Kier alpha value is -1.28. The summed E-state index contributed by atoms with van der Waals surface area (Å²) in [6, 6.07) is 13.5. The lowest BCUT2D eigenvalue weighted by atomic mass is 10.1. The monoisotopic (exact) mass is 484 g/mol. The summed E-state index contributed by atoms with van der Waals surface area (Å²) in [6.07, 6.45) is 1.13. The van der Waals surface area contributed by atoms with Gasteiger partial charge in [0, 0.05) is 49.2 Å². The summed E-state index contributed by atoms with van der Waals surface area (Å²) in [5, 5.41) is 9.19. The number of rotatable bonds is 5. The van der Waals surface area contributed by atoms with Crippen LogP contribution >= 0.6 is 35.3 Å². The highest BCUT2D eigenvalue weighted by molar-refractivity contribution is 14.0. The molecule has 6 heteroatoms. The van der Waals surface area contributed by atoms with E-state index < -0.39 is 0 Å². The third kappa shape index (κ3) is 5.61. The number of halogens is 1. The molecule has 1 aliphatic rings. The Morgan fingerprint density at radius 3 is 2.73 bits per heavy atom. The highest BCUT2D eigenvalue weighted by Gasteiger charge is 2.23. The molecule has 142 valence electrons. The summed E-state index contributed by atoms with van der Waals surface area (Å²) in [7, 11) is 1.85. The van der Waals surface area contributed by atoms with Crippen molar-refractivity contribution in [2.45, 2.75) is 32.2 Å². The highest BCUT2D eigenvalue weighted by atomic mass is 127. The molecule has 4 nitrogen and oxygen atoms in total. The summed E-state index contributed by atoms with van der Waals surface area (Å²) < 4.78 is 0. The number of aliphatic imine (C=N–C) groups is 1. The van der Waals surface area contributed by atoms with E-state index in [1.165, 1.54) is 16.1 Å². The van der Waals surface area contributed by atoms with Crippen molar-refractivity contribution in [3.8, 4) is 0 Å². The maximum atomic E-state index is 4.39. The van der Waals surface area contributed by atoms with E-state index in [4.69, 9.17) is 0 Å². The van der Waals surface area contributed by atoms with Gasteiger partial charge in [0.05, 0.1) is 0 Å². The van der Waals surface area contributed by atoms with Crippen LogP contribution in [0.3, 0.4) is 0 Å². The van der Waals surface area contributed by atoms with Crippen LogP contribution in [-0.2, 0) is 0 Å². The molecule has 2 aromatic rings. The van der Waals surface area contributed by atoms with E-state index in [1.54, 1.807) is 0 Å². The van der Waals surface area contributed by atoms with Crippen molar-refractivity contribution in [1.29, 1.82) is 0 Å². The van der Waals surface area contributed by atoms with Gasteiger partial charge >= 0.3 is 0 Å². The molecule has 2 unspecified atom stereocenters. The maximum Gasteiger partial charge on any atom is 0.191 e. The molecular formula is C20H29IN4S. The normalized spacial score (nSPS) is 18.3. The van der Waals surface area contributed by atoms with Crippen molar-refractivity contribution < 1.29 is 0 Å². The third-order valence-corrected chi connectivity index (χ3v) is 5.86. The minimum atomic E-state index is 0. The lowest BCUT2D eigenvalue weighted by molar-refractivity contribution is 0.636. The second-order valence-electron chi connectivity index (χ2n) is 6.78. The van der Waals surface area contributed by atoms with Gasteiger partial charge in [0.2, 0.25) is 0 Å². The lowest BCUT2D eigenvalue weighted by Gasteiger charge is -2.21. The molecule has 2 N–H and O–H groups in total. The van der Waals surface area contributed by atoms with Crippen molar-refractivity contribution in [2.24, 2.45) is 4.99 Å². The van der Waals surface area contributed by atoms with Gasteiger partial charge in [-0.25, -0.2) is 0 Å². The van der Waals surface area contributed by atoms with Crippen LogP contribution < -0.4 is 15.5 Å². The molecule has 2 atom stereocenters. The lowest BCUT2D eigenvalue weighted by Crippen LogP contribution is -2.45. The van der Waals surface area contributed by atoms with Crippen molar-refractivity contribution in [3.63, 3.8) is 0 Å². The molecule has 26 heavy (non-hydrogen) atoms. The molecule has 1 fully saturated rings. The standard InChI is InChI=1S/C20H28N4S.HI/c1-15-6-8-18(9-7-15)24-11-10-17(14-24)23-20(21-3)22-13-16(2)19-5-4-12-25-19;/h4-9,12,16-17H,10-11,13-14H2,1-3H3,(H2,21,22,23);1H. The Kier molecular flexibility index (Phi) is 8.21. The van der Waals surface area contributed by atoms with Gasteiger partial charge in [-0.1, -0.05) is 30.7 Å². The van der Waals surface area contributed by atoms with Crippen molar-refractivity contribution in [3.05, 3.63) is 52.2 Å². The number of nitrogens with zero attached hydrogens (tertiary/aromatic N) is 2. The van der Waals surface area contributed by atoms with Gasteiger partial charge < -0.3 is 15.5 Å². The molecular weight excluding hydrogens is 455 g/mol. The van der Waals surface area contributed by atoms with E-state index in [0.29, 0.717) is 12.0 Å². The molecule has 0 amide bonds. The van der Waals surface area contributed by atoms with E-state index in [0.717, 1.165) is 32.0 Å². The van der Waals surface area contributed by atoms with E-state index >= 15 is 0 Å². The molecule has 1 aromatic heterocycles. The minimum Gasteiger partial charge on any atom is -0.369 e. The smallest absolute Gasteiger partial charge is 0.191 e. The van der Waals surface area contributed by atoms with Crippen molar-refractivity contribution >= 4 is 47.0 Å². The Morgan fingerprint density at radius 2 is 2.08 bits per heavy atom. The van der Waals surface area contributed by atoms with E-state index in [-0.39, 0.29) is 24.0 Å². The zero-order chi connectivity index (χ0) is 17.6. The van der Waals surface area contributed by atoms with Crippen LogP contribution in [0.25, 0.3) is 0 Å². The molecule has 0 spiro atoms. The molecule has 0 bridgehead atoms. The van der Waals surface area contributed by atoms with Gasteiger partial charge in [-0.3, -0.25) is 4.99 Å². The Bertz CT molecular complexity index is 684. The first kappa shape index (κ1) is 21.0. The third-order valence-electron chi connectivity index (χ3n) is 4.76. The summed E-state index contributed by atoms with van der Waals surface area (Å²) >= 11 is 1.82. The number of guanidine groups is 1. The summed E-state index contributed by atoms with van der Waals surface area (Å²) in [5.74, 6) is 1.39. The number of anilines is 1. The second kappa shape index (κ2) is 10.2. The van der Waals surface area contributed by atoms with Crippen LogP contribution in [0.4, 0.5) is 5.69 Å². The van der Waals surface area contributed by atoms with Crippen LogP contribution in [-0.4, -0.2) is 38.7 Å². The van der Waals surface area contributed by atoms with Gasteiger partial charge in [-0.15, -0.1) is 35.3 Å². The van der Waals surface area contributed by atoms with Crippen LogP contribution in [0, 0.1) is 6.92 Å². The van der Waals surface area contributed by atoms with Gasteiger partial charge in [-0.05, 0) is 36.9 Å². The Labute approximate surface area is 178 Å². The molecule has 0 saturated carbocycles. The Morgan fingerprint density at radius 1 is 1.31 bits per heavy atom.